The minimum Gasteiger partial charge on any atom is -0.312 e. The molecule has 0 saturated heterocycles. The molecule has 690 valence electrons. The molecule has 0 saturated carbocycles. The first-order valence-electron chi connectivity index (χ1n) is 49.3. The van der Waals surface area contributed by atoms with Crippen molar-refractivity contribution in [3.8, 4) is 0 Å². The van der Waals surface area contributed by atoms with Crippen molar-refractivity contribution in [3.05, 3.63) is 0 Å². The summed E-state index contributed by atoms with van der Waals surface area (Å²) in [6.07, 6.45) is 59.5. The van der Waals surface area contributed by atoms with Gasteiger partial charge in [-0.2, -0.15) is 0 Å². The van der Waals surface area contributed by atoms with Crippen LogP contribution in [0.1, 0.15) is 474 Å². The zero-order valence-electron chi connectivity index (χ0n) is 80.4. The first kappa shape index (κ1) is 123. The van der Waals surface area contributed by atoms with E-state index in [-0.39, 0.29) is 16.5 Å². The molecule has 0 fully saturated rings. The zero-order chi connectivity index (χ0) is 84.1. The van der Waals surface area contributed by atoms with E-state index in [4.69, 9.17) is 54.3 Å². The fraction of sp³-hybridized carbons (Fsp3) is 1.00. The van der Waals surface area contributed by atoms with Gasteiger partial charge in [-0.3, -0.25) is 0 Å². The Morgan fingerprint density at radius 3 is 0.257 bits per heavy atom. The van der Waals surface area contributed by atoms with E-state index in [0.29, 0.717) is 71.0 Å². The molecule has 0 heterocycles. The maximum atomic E-state index is 6.21. The van der Waals surface area contributed by atoms with E-state index in [9.17, 15) is 0 Å². The van der Waals surface area contributed by atoms with Gasteiger partial charge < -0.3 is 54.3 Å². The first-order chi connectivity index (χ1) is 54.6. The van der Waals surface area contributed by atoms with Gasteiger partial charge in [0.25, 0.3) is 0 Å². The summed E-state index contributed by atoms with van der Waals surface area (Å²) in [7, 11) is -4.88. The summed E-state index contributed by atoms with van der Waals surface area (Å²) in [5.74, 6) is 7.51. The average Bonchev–Trinajstić information content (AvgIpc) is 0.960. The number of hydrogen-bond donors (Lipinski definition) is 0. The second-order valence-electron chi connectivity index (χ2n) is 33.4. The molecule has 0 aromatic heterocycles. The van der Waals surface area contributed by atoms with Crippen LogP contribution in [0, 0.1) is 71.0 Å². The van der Waals surface area contributed by atoms with E-state index >= 15 is 0 Å². The van der Waals surface area contributed by atoms with Crippen molar-refractivity contribution in [2.24, 2.45) is 71.0 Å². The van der Waals surface area contributed by atoms with Crippen LogP contribution >= 0.6 is 34.4 Å². The standard InChI is InChI=1S/4C24H51O3P.Ni/c4*1-7-13-16-22(10-4)19-25-28(26-20-23(11-5)17-14-8-2)27-21-24(12-6)18-15-9-3;/h4*22-24H,7-21H2,1-6H3;. The largest absolute Gasteiger partial charge is 0.332 e. The van der Waals surface area contributed by atoms with Crippen LogP contribution in [0.5, 0.6) is 0 Å². The molecule has 0 aliphatic rings. The first-order valence-corrected chi connectivity index (χ1v) is 53.7. The van der Waals surface area contributed by atoms with E-state index in [0.717, 1.165) is 79.3 Å². The maximum Gasteiger partial charge on any atom is 0.332 e. The SMILES string of the molecule is CCCCC(CC)COP(OCC(CC)CCCC)OCC(CC)CCCC.CCCCC(CC)COP(OCC(CC)CCCC)OCC(CC)CCCC.CCCCC(CC)COP(OCC(CC)CCCC)OCC(CC)CCCC.CCCCC(CC)COP(OCC(CC)CCCC)OCC(CC)CCCC.[Ni]. The molecule has 12 atom stereocenters. The van der Waals surface area contributed by atoms with Gasteiger partial charge in [0, 0.05) is 16.5 Å². The Morgan fingerprint density at radius 1 is 0.133 bits per heavy atom. The van der Waals surface area contributed by atoms with Crippen molar-refractivity contribution in [3.63, 3.8) is 0 Å². The second-order valence-corrected chi connectivity index (χ2v) is 38.3. The van der Waals surface area contributed by atoms with Crippen molar-refractivity contribution in [1.29, 1.82) is 0 Å². The van der Waals surface area contributed by atoms with Gasteiger partial charge >= 0.3 is 34.4 Å². The minimum absolute atomic E-state index is 0. The topological polar surface area (TPSA) is 111 Å². The third kappa shape index (κ3) is 79.4. The normalized spacial score (nSPS) is 15.9. The van der Waals surface area contributed by atoms with Crippen molar-refractivity contribution >= 4 is 34.4 Å². The van der Waals surface area contributed by atoms with Crippen molar-refractivity contribution in [2.75, 3.05) is 79.3 Å². The van der Waals surface area contributed by atoms with Gasteiger partial charge in [0.05, 0.1) is 79.3 Å². The van der Waals surface area contributed by atoms with Gasteiger partial charge in [-0.05, 0) is 148 Å². The molecule has 0 amide bonds. The molecule has 113 heavy (non-hydrogen) atoms. The quantitative estimate of drug-likeness (QED) is 0.0427. The Hall–Kier alpha value is 1.73. The van der Waals surface area contributed by atoms with Crippen molar-refractivity contribution in [2.45, 2.75) is 474 Å². The summed E-state index contributed by atoms with van der Waals surface area (Å²) < 4.78 is 74.5. The smallest absolute Gasteiger partial charge is 0.312 e. The number of rotatable bonds is 84. The van der Waals surface area contributed by atoms with Gasteiger partial charge in [-0.25, -0.2) is 0 Å². The molecule has 0 aromatic rings. The molecular formula is C96H204NiO12P4. The molecule has 17 heteroatoms. The summed E-state index contributed by atoms with van der Waals surface area (Å²) in [5.41, 5.74) is 0. The monoisotopic (exact) mass is 1730 g/mol. The molecule has 0 radical (unpaired) electrons. The predicted octanol–water partition coefficient (Wildman–Crippen LogP) is 35.6. The van der Waals surface area contributed by atoms with Crippen LogP contribution in [-0.2, 0) is 70.8 Å². The molecule has 0 aliphatic carbocycles. The van der Waals surface area contributed by atoms with E-state index < -0.39 is 34.4 Å². The third-order valence-electron chi connectivity index (χ3n) is 23.5. The number of hydrogen-bond acceptors (Lipinski definition) is 12. The fourth-order valence-electron chi connectivity index (χ4n) is 13.2. The molecule has 0 aliphatic heterocycles. The Morgan fingerprint density at radius 2 is 0.204 bits per heavy atom. The molecular weight excluding hydrogens is 1530 g/mol. The van der Waals surface area contributed by atoms with Gasteiger partial charge in [0.15, 0.2) is 0 Å². The van der Waals surface area contributed by atoms with Crippen LogP contribution in [0.3, 0.4) is 0 Å². The molecule has 0 rings (SSSR count). The Balaban J connectivity index is -0.000000457. The van der Waals surface area contributed by atoms with Crippen molar-refractivity contribution < 1.29 is 70.8 Å². The minimum atomic E-state index is -1.22. The van der Waals surface area contributed by atoms with Gasteiger partial charge in [0.1, 0.15) is 0 Å². The van der Waals surface area contributed by atoms with Gasteiger partial charge in [-0.1, -0.05) is 397 Å². The average molecular weight is 1730 g/mol. The molecule has 0 spiro atoms. The maximum absolute atomic E-state index is 6.21. The summed E-state index contributed by atoms with van der Waals surface area (Å²) in [6, 6.07) is 0. The molecule has 12 nitrogen and oxygen atoms in total. The Bertz CT molecular complexity index is 1310. The summed E-state index contributed by atoms with van der Waals surface area (Å²) in [6.45, 7) is 63.6. The van der Waals surface area contributed by atoms with E-state index in [1.807, 2.05) is 0 Å². The van der Waals surface area contributed by atoms with Crippen LogP contribution in [-0.4, -0.2) is 79.3 Å². The van der Waals surface area contributed by atoms with Crippen molar-refractivity contribution in [1.82, 2.24) is 0 Å². The molecule has 0 aromatic carbocycles. The number of unbranched alkanes of at least 4 members (excludes halogenated alkanes) is 12. The second kappa shape index (κ2) is 97.5. The van der Waals surface area contributed by atoms with Crippen LogP contribution in [0.4, 0.5) is 0 Å². The van der Waals surface area contributed by atoms with Crippen LogP contribution < -0.4 is 0 Å². The van der Waals surface area contributed by atoms with E-state index in [1.165, 1.54) is 308 Å². The summed E-state index contributed by atoms with van der Waals surface area (Å²) in [4.78, 5) is 0. The fourth-order valence-corrected chi connectivity index (χ4v) is 18.1. The zero-order valence-corrected chi connectivity index (χ0v) is 84.9. The van der Waals surface area contributed by atoms with Gasteiger partial charge in [0.2, 0.25) is 0 Å². The third-order valence-corrected chi connectivity index (χ3v) is 27.8. The van der Waals surface area contributed by atoms with Crippen LogP contribution in [0.25, 0.3) is 0 Å². The molecule has 0 N–H and O–H groups in total. The Labute approximate surface area is 725 Å². The van der Waals surface area contributed by atoms with Crippen LogP contribution in [0.15, 0.2) is 0 Å². The van der Waals surface area contributed by atoms with Crippen LogP contribution in [0.2, 0.25) is 0 Å². The van der Waals surface area contributed by atoms with E-state index in [2.05, 4.69) is 166 Å². The summed E-state index contributed by atoms with van der Waals surface area (Å²) >= 11 is 0. The molecule has 0 bridgehead atoms. The van der Waals surface area contributed by atoms with E-state index in [1.54, 1.807) is 0 Å². The summed E-state index contributed by atoms with van der Waals surface area (Å²) in [5, 5.41) is 0. The van der Waals surface area contributed by atoms with Gasteiger partial charge in [-0.15, -0.1) is 0 Å². The predicted molar refractivity (Wildman–Crippen MR) is 499 cm³/mol. The molecule has 12 unspecified atom stereocenters. The Kier molecular flexibility index (Phi) is 106.